The molecule has 0 aliphatic carbocycles. The van der Waals surface area contributed by atoms with E-state index in [1.165, 1.54) is 0 Å². The first kappa shape index (κ1) is 16.9. The molecule has 0 saturated carbocycles. The molecule has 2 amide bonds. The normalized spacial score (nSPS) is 22.8. The monoisotopic (exact) mass is 356 g/mol. The van der Waals surface area contributed by atoms with E-state index >= 15 is 0 Å². The lowest BCUT2D eigenvalue weighted by Crippen LogP contribution is -2.47. The fraction of sp³-hybridized carbons (Fsp3) is 0.526. The second-order valence-corrected chi connectivity index (χ2v) is 7.41. The lowest BCUT2D eigenvalue weighted by Gasteiger charge is -2.35. The molecule has 3 aliphatic rings. The van der Waals surface area contributed by atoms with Crippen molar-refractivity contribution in [2.45, 2.75) is 39.3 Å². The van der Waals surface area contributed by atoms with Gasteiger partial charge in [-0.15, -0.1) is 0 Å². The van der Waals surface area contributed by atoms with Crippen LogP contribution in [-0.2, 0) is 18.4 Å². The predicted octanol–water partition coefficient (Wildman–Crippen LogP) is 1.89. The molecule has 3 saturated heterocycles. The molecule has 5 heterocycles. The lowest BCUT2D eigenvalue weighted by molar-refractivity contribution is -0.140. The molecular formula is C19H24N4O3. The molecule has 138 valence electrons. The van der Waals surface area contributed by atoms with Crippen LogP contribution in [0.4, 0.5) is 0 Å². The van der Waals surface area contributed by atoms with E-state index in [1.54, 1.807) is 0 Å². The van der Waals surface area contributed by atoms with Crippen molar-refractivity contribution in [2.24, 2.45) is 13.0 Å². The first-order valence-electron chi connectivity index (χ1n) is 9.08. The number of carbonyl (C=O) groups is 2. The summed E-state index contributed by atoms with van der Waals surface area (Å²) < 4.78 is 7.08. The quantitative estimate of drug-likeness (QED) is 0.842. The molecule has 0 aromatic carbocycles. The van der Waals surface area contributed by atoms with Crippen molar-refractivity contribution in [2.75, 3.05) is 13.1 Å². The number of fused-ring (bicyclic) bond motifs is 4. The van der Waals surface area contributed by atoms with Crippen molar-refractivity contribution < 1.29 is 14.1 Å². The van der Waals surface area contributed by atoms with Crippen LogP contribution in [0.15, 0.2) is 22.9 Å². The van der Waals surface area contributed by atoms with Crippen LogP contribution in [0, 0.1) is 19.8 Å². The summed E-state index contributed by atoms with van der Waals surface area (Å²) in [5.74, 6) is 0.774. The van der Waals surface area contributed by atoms with Gasteiger partial charge in [-0.3, -0.25) is 9.59 Å². The van der Waals surface area contributed by atoms with Gasteiger partial charge in [-0.25, -0.2) is 0 Å². The van der Waals surface area contributed by atoms with Gasteiger partial charge in [-0.05, 0) is 38.8 Å². The minimum absolute atomic E-state index is 0.00129. The van der Waals surface area contributed by atoms with Gasteiger partial charge in [0, 0.05) is 37.9 Å². The highest BCUT2D eigenvalue weighted by molar-refractivity contribution is 5.93. The Morgan fingerprint density at radius 1 is 1.31 bits per heavy atom. The van der Waals surface area contributed by atoms with Crippen molar-refractivity contribution in [3.63, 3.8) is 0 Å². The molecule has 2 atom stereocenters. The van der Waals surface area contributed by atoms with Gasteiger partial charge in [0.2, 0.25) is 5.91 Å². The second-order valence-electron chi connectivity index (χ2n) is 7.41. The van der Waals surface area contributed by atoms with Crippen molar-refractivity contribution >= 4 is 11.8 Å². The van der Waals surface area contributed by atoms with Gasteiger partial charge in [0.05, 0.1) is 18.2 Å². The Morgan fingerprint density at radius 3 is 2.77 bits per heavy atom. The van der Waals surface area contributed by atoms with Crippen LogP contribution in [0.2, 0.25) is 0 Å². The highest BCUT2D eigenvalue weighted by Gasteiger charge is 2.42. The van der Waals surface area contributed by atoms with E-state index < -0.39 is 0 Å². The van der Waals surface area contributed by atoms with E-state index in [0.717, 1.165) is 29.9 Å². The zero-order valence-electron chi connectivity index (χ0n) is 15.4. The molecule has 2 aromatic rings. The SMILES string of the molecule is Cc1noc(C)c1CN1C(=O)[C@H]2CC[C@@H]1CN(C(=O)c1cccn1C)C2. The Hall–Kier alpha value is -2.57. The summed E-state index contributed by atoms with van der Waals surface area (Å²) in [6.07, 6.45) is 3.64. The first-order valence-corrected chi connectivity index (χ1v) is 9.08. The Morgan fingerprint density at radius 2 is 2.12 bits per heavy atom. The van der Waals surface area contributed by atoms with E-state index in [4.69, 9.17) is 4.52 Å². The van der Waals surface area contributed by atoms with E-state index in [0.29, 0.717) is 25.3 Å². The van der Waals surface area contributed by atoms with Crippen molar-refractivity contribution in [3.05, 3.63) is 41.0 Å². The Balaban J connectivity index is 1.58. The predicted molar refractivity (Wildman–Crippen MR) is 94.4 cm³/mol. The largest absolute Gasteiger partial charge is 0.361 e. The Bertz CT molecular complexity index is 833. The number of carbonyl (C=O) groups excluding carboxylic acids is 2. The molecule has 26 heavy (non-hydrogen) atoms. The number of nitrogens with zero attached hydrogens (tertiary/aromatic N) is 4. The van der Waals surface area contributed by atoms with Gasteiger partial charge in [-0.2, -0.15) is 0 Å². The maximum Gasteiger partial charge on any atom is 0.270 e. The van der Waals surface area contributed by atoms with Crippen LogP contribution in [-0.4, -0.2) is 50.5 Å². The molecule has 7 nitrogen and oxygen atoms in total. The molecule has 7 heteroatoms. The third-order valence-electron chi connectivity index (χ3n) is 5.75. The van der Waals surface area contributed by atoms with Gasteiger partial charge in [0.1, 0.15) is 11.5 Å². The molecular weight excluding hydrogens is 332 g/mol. The van der Waals surface area contributed by atoms with E-state index in [1.807, 2.05) is 53.6 Å². The van der Waals surface area contributed by atoms with E-state index in [9.17, 15) is 9.59 Å². The summed E-state index contributed by atoms with van der Waals surface area (Å²) in [7, 11) is 1.87. The zero-order chi connectivity index (χ0) is 18.4. The summed E-state index contributed by atoms with van der Waals surface area (Å²) in [5.41, 5.74) is 2.47. The Labute approximate surface area is 152 Å². The standard InChI is InChI=1S/C19H24N4O3/c1-12-16(13(2)26-20-12)11-23-15-7-6-14(18(23)24)9-22(10-15)19(25)17-5-4-8-21(17)3/h4-5,8,14-15H,6-7,9-11H2,1-3H3/t14-,15+/m0/s1. The number of piperidine rings is 1. The van der Waals surface area contributed by atoms with Crippen molar-refractivity contribution in [1.82, 2.24) is 19.5 Å². The fourth-order valence-electron chi connectivity index (χ4n) is 4.16. The van der Waals surface area contributed by atoms with E-state index in [2.05, 4.69) is 5.16 Å². The summed E-state index contributed by atoms with van der Waals surface area (Å²) in [5, 5.41) is 4.00. The smallest absolute Gasteiger partial charge is 0.270 e. The average molecular weight is 356 g/mol. The van der Waals surface area contributed by atoms with Crippen LogP contribution >= 0.6 is 0 Å². The van der Waals surface area contributed by atoms with Crippen LogP contribution < -0.4 is 0 Å². The molecule has 5 rings (SSSR count). The third kappa shape index (κ3) is 2.71. The number of aryl methyl sites for hydroxylation is 3. The Kier molecular flexibility index (Phi) is 4.09. The lowest BCUT2D eigenvalue weighted by atomic mass is 9.93. The molecule has 2 aromatic heterocycles. The maximum atomic E-state index is 13.0. The molecule has 3 aliphatic heterocycles. The van der Waals surface area contributed by atoms with Gasteiger partial charge >= 0.3 is 0 Å². The second kappa shape index (κ2) is 6.30. The highest BCUT2D eigenvalue weighted by atomic mass is 16.5. The topological polar surface area (TPSA) is 71.6 Å². The summed E-state index contributed by atoms with van der Waals surface area (Å²) >= 11 is 0. The zero-order valence-corrected chi connectivity index (χ0v) is 15.4. The van der Waals surface area contributed by atoms with E-state index in [-0.39, 0.29) is 23.8 Å². The summed E-state index contributed by atoms with van der Waals surface area (Å²) in [6, 6.07) is 3.74. The average Bonchev–Trinajstić information content (AvgIpc) is 3.05. The number of hydrogen-bond donors (Lipinski definition) is 0. The highest BCUT2D eigenvalue weighted by Crippen LogP contribution is 2.32. The minimum Gasteiger partial charge on any atom is -0.361 e. The van der Waals surface area contributed by atoms with Gasteiger partial charge < -0.3 is 18.9 Å². The molecule has 0 N–H and O–H groups in total. The minimum atomic E-state index is -0.126. The fourth-order valence-corrected chi connectivity index (χ4v) is 4.16. The van der Waals surface area contributed by atoms with Crippen molar-refractivity contribution in [3.8, 4) is 0 Å². The number of rotatable bonds is 3. The van der Waals surface area contributed by atoms with Crippen LogP contribution in [0.5, 0.6) is 0 Å². The van der Waals surface area contributed by atoms with Crippen molar-refractivity contribution in [1.29, 1.82) is 0 Å². The molecule has 0 radical (unpaired) electrons. The van der Waals surface area contributed by atoms with Gasteiger partial charge in [-0.1, -0.05) is 5.16 Å². The first-order chi connectivity index (χ1) is 12.5. The molecule has 2 bridgehead atoms. The summed E-state index contributed by atoms with van der Waals surface area (Å²) in [4.78, 5) is 29.7. The third-order valence-corrected chi connectivity index (χ3v) is 5.75. The number of hydrogen-bond acceptors (Lipinski definition) is 4. The maximum absolute atomic E-state index is 13.0. The van der Waals surface area contributed by atoms with Gasteiger partial charge in [0.15, 0.2) is 0 Å². The number of amides is 2. The van der Waals surface area contributed by atoms with Crippen LogP contribution in [0.3, 0.4) is 0 Å². The van der Waals surface area contributed by atoms with Gasteiger partial charge in [0.25, 0.3) is 5.91 Å². The van der Waals surface area contributed by atoms with Crippen LogP contribution in [0.25, 0.3) is 0 Å². The molecule has 0 spiro atoms. The molecule has 3 fully saturated rings. The molecule has 0 unspecified atom stereocenters. The van der Waals surface area contributed by atoms with Crippen LogP contribution in [0.1, 0.15) is 40.3 Å². The number of aromatic nitrogens is 2. The summed E-state index contributed by atoms with van der Waals surface area (Å²) in [6.45, 7) is 5.36.